The van der Waals surface area contributed by atoms with Gasteiger partial charge in [-0.2, -0.15) is 0 Å². The third-order valence-corrected chi connectivity index (χ3v) is 8.47. The van der Waals surface area contributed by atoms with Crippen LogP contribution in [0.1, 0.15) is 32.8 Å². The molecule has 0 saturated heterocycles. The lowest BCUT2D eigenvalue weighted by Crippen LogP contribution is -2.52. The molecular formula is C29H33Cl2N3O4S. The molecule has 0 aliphatic rings. The van der Waals surface area contributed by atoms with Gasteiger partial charge >= 0.3 is 0 Å². The second kappa shape index (κ2) is 13.8. The maximum absolute atomic E-state index is 14.0. The van der Waals surface area contributed by atoms with E-state index in [1.165, 1.54) is 23.1 Å². The lowest BCUT2D eigenvalue weighted by atomic mass is 10.1. The lowest BCUT2D eigenvalue weighted by Gasteiger charge is -2.33. The van der Waals surface area contributed by atoms with Crippen molar-refractivity contribution in [2.24, 2.45) is 5.92 Å². The summed E-state index contributed by atoms with van der Waals surface area (Å²) in [6, 6.07) is 20.4. The summed E-state index contributed by atoms with van der Waals surface area (Å²) in [4.78, 5) is 28.7. The highest BCUT2D eigenvalue weighted by Crippen LogP contribution is 2.27. The van der Waals surface area contributed by atoms with E-state index in [4.69, 9.17) is 23.2 Å². The average Bonchev–Trinajstić information content (AvgIpc) is 2.91. The van der Waals surface area contributed by atoms with E-state index in [0.29, 0.717) is 28.6 Å². The Bertz CT molecular complexity index is 1380. The van der Waals surface area contributed by atoms with Gasteiger partial charge in [0.2, 0.25) is 11.8 Å². The van der Waals surface area contributed by atoms with E-state index in [2.05, 4.69) is 5.32 Å². The Kier molecular flexibility index (Phi) is 10.8. The molecule has 2 amide bonds. The van der Waals surface area contributed by atoms with Gasteiger partial charge in [0.15, 0.2) is 0 Å². The van der Waals surface area contributed by atoms with Crippen LogP contribution in [0.15, 0.2) is 83.8 Å². The number of benzene rings is 3. The summed E-state index contributed by atoms with van der Waals surface area (Å²) in [7, 11) is -4.15. The lowest BCUT2D eigenvalue weighted by molar-refractivity contribution is -0.140. The topological polar surface area (TPSA) is 86.8 Å². The molecule has 7 nitrogen and oxygen atoms in total. The zero-order valence-corrected chi connectivity index (χ0v) is 24.5. The number of nitrogens with zero attached hydrogens (tertiary/aromatic N) is 2. The second-order valence-corrected chi connectivity index (χ2v) is 12.2. The highest BCUT2D eigenvalue weighted by Gasteiger charge is 2.34. The van der Waals surface area contributed by atoms with Crippen LogP contribution < -0.4 is 9.62 Å². The smallest absolute Gasteiger partial charge is 0.264 e. The van der Waals surface area contributed by atoms with Crippen LogP contribution in [-0.4, -0.2) is 44.3 Å². The predicted molar refractivity (Wildman–Crippen MR) is 156 cm³/mol. The van der Waals surface area contributed by atoms with E-state index < -0.39 is 28.5 Å². The third-order valence-electron chi connectivity index (χ3n) is 6.08. The van der Waals surface area contributed by atoms with Gasteiger partial charge in [-0.3, -0.25) is 13.9 Å². The number of halogens is 2. The van der Waals surface area contributed by atoms with Crippen molar-refractivity contribution in [2.45, 2.75) is 44.7 Å². The van der Waals surface area contributed by atoms with Crippen molar-refractivity contribution in [1.82, 2.24) is 10.2 Å². The van der Waals surface area contributed by atoms with E-state index in [1.54, 1.807) is 60.7 Å². The first-order chi connectivity index (χ1) is 18.5. The van der Waals surface area contributed by atoms with Crippen LogP contribution in [0.5, 0.6) is 0 Å². The fourth-order valence-corrected chi connectivity index (χ4v) is 5.84. The van der Waals surface area contributed by atoms with Gasteiger partial charge < -0.3 is 10.2 Å². The Balaban J connectivity index is 2.05. The van der Waals surface area contributed by atoms with E-state index in [1.807, 2.05) is 20.8 Å². The summed E-state index contributed by atoms with van der Waals surface area (Å²) in [6.07, 6.45) is 0.322. The first-order valence-corrected chi connectivity index (χ1v) is 14.9. The van der Waals surface area contributed by atoms with Crippen LogP contribution >= 0.6 is 23.2 Å². The van der Waals surface area contributed by atoms with Gasteiger partial charge in [-0.05, 0) is 54.3 Å². The van der Waals surface area contributed by atoms with Gasteiger partial charge in [0.1, 0.15) is 12.6 Å². The number of hydrogen-bond donors (Lipinski definition) is 1. The van der Waals surface area contributed by atoms with E-state index in [0.717, 1.165) is 4.31 Å². The van der Waals surface area contributed by atoms with Crippen molar-refractivity contribution < 1.29 is 18.0 Å². The molecule has 0 aliphatic heterocycles. The number of anilines is 1. The number of nitrogens with one attached hydrogen (secondary N) is 1. The summed E-state index contributed by atoms with van der Waals surface area (Å²) < 4.78 is 28.6. The summed E-state index contributed by atoms with van der Waals surface area (Å²) >= 11 is 12.6. The Morgan fingerprint density at radius 1 is 0.923 bits per heavy atom. The molecule has 0 spiro atoms. The Morgan fingerprint density at radius 2 is 1.59 bits per heavy atom. The van der Waals surface area contributed by atoms with E-state index in [-0.39, 0.29) is 29.0 Å². The predicted octanol–water partition coefficient (Wildman–Crippen LogP) is 5.77. The Morgan fingerprint density at radius 3 is 2.21 bits per heavy atom. The number of carbonyl (C=O) groups is 2. The fourth-order valence-electron chi connectivity index (χ4n) is 4.03. The minimum atomic E-state index is -4.15. The SMILES string of the molecule is CCC(C(=O)NCC(C)C)N(Cc1ccccc1Cl)C(=O)CN(c1cccc(Cl)c1)S(=O)(=O)c1ccccc1. The largest absolute Gasteiger partial charge is 0.354 e. The van der Waals surface area contributed by atoms with Crippen LogP contribution in [-0.2, 0) is 26.2 Å². The Labute approximate surface area is 240 Å². The zero-order valence-electron chi connectivity index (χ0n) is 22.2. The summed E-state index contributed by atoms with van der Waals surface area (Å²) in [6.45, 7) is 5.69. The van der Waals surface area contributed by atoms with Crippen molar-refractivity contribution in [1.29, 1.82) is 0 Å². The number of rotatable bonds is 12. The average molecular weight is 591 g/mol. The first-order valence-electron chi connectivity index (χ1n) is 12.7. The van der Waals surface area contributed by atoms with Crippen molar-refractivity contribution in [3.05, 3.63) is 94.5 Å². The van der Waals surface area contributed by atoms with Crippen LogP contribution in [0.2, 0.25) is 10.0 Å². The number of carbonyl (C=O) groups excluding carboxylic acids is 2. The van der Waals surface area contributed by atoms with Crippen LogP contribution in [0.3, 0.4) is 0 Å². The minimum Gasteiger partial charge on any atom is -0.354 e. The van der Waals surface area contributed by atoms with Crippen molar-refractivity contribution >= 4 is 50.7 Å². The van der Waals surface area contributed by atoms with Crippen LogP contribution in [0.25, 0.3) is 0 Å². The van der Waals surface area contributed by atoms with Gasteiger partial charge in [0, 0.05) is 23.1 Å². The normalized spacial score (nSPS) is 12.2. The molecule has 0 aromatic heterocycles. The molecule has 208 valence electrons. The summed E-state index contributed by atoms with van der Waals surface area (Å²) in [5, 5.41) is 3.66. The fraction of sp³-hybridized carbons (Fsp3) is 0.310. The maximum Gasteiger partial charge on any atom is 0.264 e. The molecule has 0 aliphatic carbocycles. The molecule has 0 saturated carbocycles. The molecule has 1 N–H and O–H groups in total. The van der Waals surface area contributed by atoms with Gasteiger partial charge in [-0.15, -0.1) is 0 Å². The highest BCUT2D eigenvalue weighted by atomic mass is 35.5. The number of hydrogen-bond acceptors (Lipinski definition) is 4. The molecule has 0 bridgehead atoms. The highest BCUT2D eigenvalue weighted by molar-refractivity contribution is 7.92. The van der Waals surface area contributed by atoms with Crippen LogP contribution in [0.4, 0.5) is 5.69 Å². The van der Waals surface area contributed by atoms with E-state index in [9.17, 15) is 18.0 Å². The van der Waals surface area contributed by atoms with Gasteiger partial charge in [0.05, 0.1) is 10.6 Å². The van der Waals surface area contributed by atoms with Crippen molar-refractivity contribution in [3.8, 4) is 0 Å². The third kappa shape index (κ3) is 7.97. The minimum absolute atomic E-state index is 0.0251. The molecule has 1 atom stereocenters. The van der Waals surface area contributed by atoms with Crippen molar-refractivity contribution in [2.75, 3.05) is 17.4 Å². The van der Waals surface area contributed by atoms with Gasteiger partial charge in [-0.1, -0.05) is 86.4 Å². The molecular weight excluding hydrogens is 557 g/mol. The summed E-state index contributed by atoms with van der Waals surface area (Å²) in [5.74, 6) is -0.652. The molecule has 3 rings (SSSR count). The first kappa shape index (κ1) is 30.5. The van der Waals surface area contributed by atoms with Gasteiger partial charge in [-0.25, -0.2) is 8.42 Å². The van der Waals surface area contributed by atoms with E-state index >= 15 is 0 Å². The molecule has 0 heterocycles. The van der Waals surface area contributed by atoms with Gasteiger partial charge in [0.25, 0.3) is 10.0 Å². The molecule has 3 aromatic carbocycles. The van der Waals surface area contributed by atoms with Crippen molar-refractivity contribution in [3.63, 3.8) is 0 Å². The second-order valence-electron chi connectivity index (χ2n) is 9.48. The number of amides is 2. The maximum atomic E-state index is 14.0. The zero-order chi connectivity index (χ0) is 28.6. The monoisotopic (exact) mass is 589 g/mol. The molecule has 0 radical (unpaired) electrons. The Hall–Kier alpha value is -3.07. The summed E-state index contributed by atoms with van der Waals surface area (Å²) in [5.41, 5.74) is 0.873. The molecule has 3 aromatic rings. The molecule has 39 heavy (non-hydrogen) atoms. The molecule has 1 unspecified atom stereocenters. The quantitative estimate of drug-likeness (QED) is 0.290. The number of sulfonamides is 1. The standard InChI is InChI=1S/C29H33Cl2N3O4S/c1-4-27(29(36)32-18-21(2)3)33(19-22-11-8-9-16-26(22)31)28(35)20-34(24-13-10-12-23(30)17-24)39(37,38)25-14-6-5-7-15-25/h5-17,21,27H,4,18-20H2,1-3H3,(H,32,36). The molecule has 0 fully saturated rings. The molecule has 10 heteroatoms. The van der Waals surface area contributed by atoms with Crippen LogP contribution in [0, 0.1) is 5.92 Å².